The standard InChI is InChI=1S/C26H28ClN5O6S/c1-16-29-13-21-14-31(26(35)32(16)21)20-7-9-30(10-8-20)24(33)23(38-25(34)28-2)15-39(36,37)22-6-4-17-11-19(27)5-3-18(17)12-22/h3-6,11-13,20,23H,7-10,14-15H2,1-2H3,(H,28,34)/t23-/m1/s1. The molecule has 1 N–H and O–H groups in total. The molecule has 39 heavy (non-hydrogen) atoms. The second-order valence-corrected chi connectivity index (χ2v) is 12.1. The first-order chi connectivity index (χ1) is 18.6. The first-order valence-corrected chi connectivity index (χ1v) is 14.5. The number of hydrogen-bond acceptors (Lipinski definition) is 7. The normalized spacial score (nSPS) is 16.8. The molecule has 0 bridgehead atoms. The van der Waals surface area contributed by atoms with E-state index >= 15 is 0 Å². The number of carbonyl (C=O) groups excluding carboxylic acids is 3. The van der Waals surface area contributed by atoms with Gasteiger partial charge in [0.1, 0.15) is 11.6 Å². The number of imidazole rings is 1. The summed E-state index contributed by atoms with van der Waals surface area (Å²) in [7, 11) is -2.67. The molecule has 11 nitrogen and oxygen atoms in total. The third-order valence-corrected chi connectivity index (χ3v) is 9.18. The van der Waals surface area contributed by atoms with E-state index in [9.17, 15) is 22.8 Å². The van der Waals surface area contributed by atoms with Crippen molar-refractivity contribution in [2.75, 3.05) is 25.9 Å². The zero-order valence-corrected chi connectivity index (χ0v) is 23.0. The fourth-order valence-corrected chi connectivity index (χ4v) is 6.71. The number of nitrogens with zero attached hydrogens (tertiary/aromatic N) is 4. The van der Waals surface area contributed by atoms with Crippen LogP contribution < -0.4 is 5.32 Å². The lowest BCUT2D eigenvalue weighted by atomic mass is 10.0. The first kappa shape index (κ1) is 26.9. The van der Waals surface area contributed by atoms with E-state index in [0.717, 1.165) is 11.1 Å². The minimum absolute atomic E-state index is 0.00979. The second-order valence-electron chi connectivity index (χ2n) is 9.68. The molecule has 2 aliphatic rings. The van der Waals surface area contributed by atoms with E-state index in [1.165, 1.54) is 24.1 Å². The van der Waals surface area contributed by atoms with Gasteiger partial charge in [-0.15, -0.1) is 0 Å². The molecule has 1 aromatic heterocycles. The minimum atomic E-state index is -4.01. The van der Waals surface area contributed by atoms with Gasteiger partial charge >= 0.3 is 12.1 Å². The van der Waals surface area contributed by atoms with Crippen molar-refractivity contribution in [3.05, 3.63) is 59.1 Å². The number of ether oxygens (including phenoxy) is 1. The van der Waals surface area contributed by atoms with Gasteiger partial charge in [0.05, 0.1) is 23.3 Å². The predicted octanol–water partition coefficient (Wildman–Crippen LogP) is 2.97. The molecule has 0 spiro atoms. The summed E-state index contributed by atoms with van der Waals surface area (Å²) in [4.78, 5) is 45.8. The van der Waals surface area contributed by atoms with Crippen molar-refractivity contribution < 1.29 is 27.5 Å². The summed E-state index contributed by atoms with van der Waals surface area (Å²) in [6.45, 7) is 2.82. The largest absolute Gasteiger partial charge is 0.435 e. The van der Waals surface area contributed by atoms with Crippen molar-refractivity contribution in [1.29, 1.82) is 0 Å². The molecule has 1 fully saturated rings. The molecule has 0 saturated carbocycles. The smallest absolute Gasteiger partial charge is 0.407 e. The van der Waals surface area contributed by atoms with Gasteiger partial charge in [0.2, 0.25) is 0 Å². The Balaban J connectivity index is 1.29. The van der Waals surface area contributed by atoms with Crippen LogP contribution in [0.4, 0.5) is 9.59 Å². The maximum absolute atomic E-state index is 13.4. The molecule has 0 radical (unpaired) electrons. The Morgan fingerprint density at radius 1 is 1.15 bits per heavy atom. The van der Waals surface area contributed by atoms with Crippen molar-refractivity contribution in [3.63, 3.8) is 0 Å². The van der Waals surface area contributed by atoms with Crippen LogP contribution in [-0.2, 0) is 25.9 Å². The van der Waals surface area contributed by atoms with Gasteiger partial charge in [-0.1, -0.05) is 23.7 Å². The van der Waals surface area contributed by atoms with Crippen LogP contribution in [0.15, 0.2) is 47.5 Å². The lowest BCUT2D eigenvalue weighted by Crippen LogP contribution is -2.51. The fraction of sp³-hybridized carbons (Fsp3) is 0.385. The van der Waals surface area contributed by atoms with Crippen molar-refractivity contribution >= 4 is 50.2 Å². The summed E-state index contributed by atoms with van der Waals surface area (Å²) in [5.41, 5.74) is 0.831. The second kappa shape index (κ2) is 10.5. The number of benzene rings is 2. The third-order valence-electron chi connectivity index (χ3n) is 7.23. The number of rotatable bonds is 6. The van der Waals surface area contributed by atoms with Gasteiger partial charge in [-0.05, 0) is 54.8 Å². The Kier molecular flexibility index (Phi) is 7.25. The number of sulfone groups is 1. The number of fused-ring (bicyclic) bond motifs is 2. The van der Waals surface area contributed by atoms with Crippen LogP contribution in [-0.4, -0.2) is 83.8 Å². The van der Waals surface area contributed by atoms with E-state index < -0.39 is 33.7 Å². The highest BCUT2D eigenvalue weighted by Crippen LogP contribution is 2.27. The highest BCUT2D eigenvalue weighted by atomic mass is 35.5. The van der Waals surface area contributed by atoms with Crippen molar-refractivity contribution in [3.8, 4) is 0 Å². The van der Waals surface area contributed by atoms with Crippen LogP contribution in [0.5, 0.6) is 0 Å². The minimum Gasteiger partial charge on any atom is -0.435 e. The number of alkyl carbamates (subject to hydrolysis) is 1. The lowest BCUT2D eigenvalue weighted by molar-refractivity contribution is -0.140. The predicted molar refractivity (Wildman–Crippen MR) is 143 cm³/mol. The first-order valence-electron chi connectivity index (χ1n) is 12.5. The molecule has 13 heteroatoms. The molecule has 3 aromatic rings. The summed E-state index contributed by atoms with van der Waals surface area (Å²) in [6.07, 6.45) is 0.288. The molecule has 206 valence electrons. The fourth-order valence-electron chi connectivity index (χ4n) is 5.15. The van der Waals surface area contributed by atoms with Crippen LogP contribution in [0.1, 0.15) is 24.4 Å². The van der Waals surface area contributed by atoms with Crippen LogP contribution in [0.2, 0.25) is 5.02 Å². The number of hydrogen-bond donors (Lipinski definition) is 1. The molecular weight excluding hydrogens is 546 g/mol. The number of amides is 3. The van der Waals surface area contributed by atoms with Gasteiger partial charge in [-0.2, -0.15) is 0 Å². The summed E-state index contributed by atoms with van der Waals surface area (Å²) in [5, 5.41) is 4.25. The molecule has 2 aliphatic heterocycles. The van der Waals surface area contributed by atoms with Gasteiger partial charge < -0.3 is 19.9 Å². The van der Waals surface area contributed by atoms with Gasteiger partial charge in [-0.3, -0.25) is 9.36 Å². The molecule has 0 unspecified atom stereocenters. The zero-order chi connectivity index (χ0) is 27.9. The van der Waals surface area contributed by atoms with Crippen LogP contribution in [0.25, 0.3) is 10.8 Å². The number of carbonyl (C=O) groups is 3. The quantitative estimate of drug-likeness (QED) is 0.479. The SMILES string of the molecule is CNC(=O)O[C@H](CS(=O)(=O)c1ccc2cc(Cl)ccc2c1)C(=O)N1CCC(N2Cc3cnc(C)n3C2=O)CC1. The van der Waals surface area contributed by atoms with E-state index in [-0.39, 0.29) is 17.0 Å². The van der Waals surface area contributed by atoms with Gasteiger partial charge in [-0.25, -0.2) is 23.0 Å². The Morgan fingerprint density at radius 3 is 2.54 bits per heavy atom. The molecule has 2 aromatic carbocycles. The average Bonchev–Trinajstić information content (AvgIpc) is 3.46. The third kappa shape index (κ3) is 5.30. The molecule has 3 amide bonds. The Labute approximate surface area is 230 Å². The molecular formula is C26H28ClN5O6S. The van der Waals surface area contributed by atoms with E-state index in [2.05, 4.69) is 10.3 Å². The van der Waals surface area contributed by atoms with Gasteiger partial charge in [0.15, 0.2) is 15.9 Å². The Morgan fingerprint density at radius 2 is 1.85 bits per heavy atom. The van der Waals surface area contributed by atoms with Gasteiger partial charge in [0.25, 0.3) is 5.91 Å². The van der Waals surface area contributed by atoms with Gasteiger partial charge in [0, 0.05) is 31.2 Å². The number of aryl methyl sites for hydroxylation is 1. The maximum Gasteiger partial charge on any atom is 0.407 e. The highest BCUT2D eigenvalue weighted by Gasteiger charge is 2.39. The number of likely N-dealkylation sites (tertiary alicyclic amines) is 1. The monoisotopic (exact) mass is 573 g/mol. The number of nitrogens with one attached hydrogen (secondary N) is 1. The maximum atomic E-state index is 13.4. The summed E-state index contributed by atoms with van der Waals surface area (Å²) in [6, 6.07) is 9.49. The molecule has 1 atom stereocenters. The van der Waals surface area contributed by atoms with Crippen molar-refractivity contribution in [2.45, 2.75) is 43.4 Å². The van der Waals surface area contributed by atoms with Crippen molar-refractivity contribution in [1.82, 2.24) is 24.7 Å². The number of halogens is 1. The molecule has 3 heterocycles. The molecule has 5 rings (SSSR count). The Hall–Kier alpha value is -3.64. The van der Waals surface area contributed by atoms with Crippen LogP contribution in [0.3, 0.4) is 0 Å². The average molecular weight is 574 g/mol. The zero-order valence-electron chi connectivity index (χ0n) is 21.5. The Bertz CT molecular complexity index is 1560. The number of aromatic nitrogens is 2. The molecule has 0 aliphatic carbocycles. The van der Waals surface area contributed by atoms with E-state index in [0.29, 0.717) is 48.7 Å². The lowest BCUT2D eigenvalue weighted by Gasteiger charge is -2.37. The highest BCUT2D eigenvalue weighted by molar-refractivity contribution is 7.91. The van der Waals surface area contributed by atoms with E-state index in [1.54, 1.807) is 46.9 Å². The summed E-state index contributed by atoms with van der Waals surface area (Å²) in [5.74, 6) is -0.659. The van der Waals surface area contributed by atoms with E-state index in [4.69, 9.17) is 16.3 Å². The van der Waals surface area contributed by atoms with Crippen LogP contribution >= 0.6 is 11.6 Å². The summed E-state index contributed by atoms with van der Waals surface area (Å²) < 4.78 is 33.5. The van der Waals surface area contributed by atoms with Crippen LogP contribution in [0, 0.1) is 6.92 Å². The van der Waals surface area contributed by atoms with Crippen molar-refractivity contribution in [2.24, 2.45) is 0 Å². The summed E-state index contributed by atoms with van der Waals surface area (Å²) >= 11 is 6.03. The molecule has 1 saturated heterocycles. The van der Waals surface area contributed by atoms with E-state index in [1.807, 2.05) is 0 Å². The topological polar surface area (TPSA) is 131 Å². The number of piperidine rings is 1.